The van der Waals surface area contributed by atoms with Crippen LogP contribution in [-0.4, -0.2) is 42.0 Å². The number of fused-ring (bicyclic) bond motifs is 1. The summed E-state index contributed by atoms with van der Waals surface area (Å²) in [5.74, 6) is 0.0150. The molecule has 0 atom stereocenters. The smallest absolute Gasteiger partial charge is 0.251 e. The molecule has 0 aliphatic heterocycles. The van der Waals surface area contributed by atoms with Crippen molar-refractivity contribution in [3.05, 3.63) is 36.0 Å². The fourth-order valence-corrected chi connectivity index (χ4v) is 2.91. The molecule has 0 saturated heterocycles. The molecule has 1 amide bonds. The van der Waals surface area contributed by atoms with Gasteiger partial charge in [0.1, 0.15) is 0 Å². The number of carbonyl (C=O) groups excluding carboxylic acids is 1. The van der Waals surface area contributed by atoms with Crippen LogP contribution in [-0.2, 0) is 0 Å². The highest BCUT2D eigenvalue weighted by Crippen LogP contribution is 2.35. The molecule has 2 aromatic rings. The van der Waals surface area contributed by atoms with E-state index in [0.717, 1.165) is 35.9 Å². The van der Waals surface area contributed by atoms with E-state index in [0.29, 0.717) is 0 Å². The molecule has 1 aromatic heterocycles. The minimum absolute atomic E-state index is 0.0150. The Hall–Kier alpha value is -1.81. The van der Waals surface area contributed by atoms with Gasteiger partial charge < -0.3 is 15.2 Å². The van der Waals surface area contributed by atoms with E-state index < -0.39 is 0 Å². The van der Waals surface area contributed by atoms with E-state index in [-0.39, 0.29) is 11.4 Å². The average Bonchev–Trinajstić information content (AvgIpc) is 2.83. The lowest BCUT2D eigenvalue weighted by atomic mass is 9.75. The number of rotatable bonds is 4. The summed E-state index contributed by atoms with van der Waals surface area (Å²) in [6.07, 6.45) is 5.47. The number of likely N-dealkylation sites (N-methyl/N-ethyl adjacent to an activating group) is 1. The van der Waals surface area contributed by atoms with Crippen molar-refractivity contribution in [2.75, 3.05) is 20.6 Å². The Balaban J connectivity index is 1.69. The van der Waals surface area contributed by atoms with Crippen LogP contribution in [0.15, 0.2) is 30.5 Å². The predicted octanol–water partition coefficient (Wildman–Crippen LogP) is 2.38. The van der Waals surface area contributed by atoms with Crippen molar-refractivity contribution in [2.45, 2.75) is 24.8 Å². The molecule has 1 saturated carbocycles. The van der Waals surface area contributed by atoms with E-state index in [2.05, 4.69) is 29.3 Å². The number of hydrogen-bond donors (Lipinski definition) is 2. The zero-order valence-electron chi connectivity index (χ0n) is 12.1. The van der Waals surface area contributed by atoms with Crippen molar-refractivity contribution < 1.29 is 4.79 Å². The van der Waals surface area contributed by atoms with Gasteiger partial charge in [-0.05, 0) is 57.6 Å². The molecule has 1 heterocycles. The molecule has 1 aromatic carbocycles. The molecule has 4 heteroatoms. The Labute approximate surface area is 119 Å². The molecule has 106 valence electrons. The number of nitrogens with zero attached hydrogens (tertiary/aromatic N) is 1. The maximum absolute atomic E-state index is 12.3. The summed E-state index contributed by atoms with van der Waals surface area (Å²) in [6.45, 7) is 0.726. The van der Waals surface area contributed by atoms with Gasteiger partial charge in [-0.3, -0.25) is 4.79 Å². The Kier molecular flexibility index (Phi) is 3.26. The highest BCUT2D eigenvalue weighted by Gasteiger charge is 2.39. The highest BCUT2D eigenvalue weighted by atomic mass is 16.1. The minimum Gasteiger partial charge on any atom is -0.361 e. The summed E-state index contributed by atoms with van der Waals surface area (Å²) in [5, 5.41) is 4.16. The molecular formula is C16H21N3O. The first-order valence-corrected chi connectivity index (χ1v) is 7.14. The lowest BCUT2D eigenvalue weighted by Crippen LogP contribution is -2.57. The number of nitrogens with one attached hydrogen (secondary N) is 2. The largest absolute Gasteiger partial charge is 0.361 e. The van der Waals surface area contributed by atoms with Gasteiger partial charge in [-0.1, -0.05) is 0 Å². The number of amides is 1. The Morgan fingerprint density at radius 3 is 2.80 bits per heavy atom. The second-order valence-corrected chi connectivity index (χ2v) is 5.93. The number of aromatic nitrogens is 1. The summed E-state index contributed by atoms with van der Waals surface area (Å²) in [4.78, 5) is 17.7. The van der Waals surface area contributed by atoms with Crippen LogP contribution in [0.2, 0.25) is 0 Å². The van der Waals surface area contributed by atoms with Crippen LogP contribution in [0.3, 0.4) is 0 Å². The SMILES string of the molecule is CN(C)C1(CNC(=O)c2ccc3[nH]ccc3c2)CCC1. The lowest BCUT2D eigenvalue weighted by molar-refractivity contribution is 0.0557. The van der Waals surface area contributed by atoms with Gasteiger partial charge in [-0.2, -0.15) is 0 Å². The first-order chi connectivity index (χ1) is 9.61. The van der Waals surface area contributed by atoms with Crippen LogP contribution < -0.4 is 5.32 Å². The third-order valence-electron chi connectivity index (χ3n) is 4.63. The maximum atomic E-state index is 12.3. The van der Waals surface area contributed by atoms with Crippen LogP contribution in [0, 0.1) is 0 Å². The second-order valence-electron chi connectivity index (χ2n) is 5.93. The predicted molar refractivity (Wildman–Crippen MR) is 80.9 cm³/mol. The average molecular weight is 271 g/mol. The molecule has 20 heavy (non-hydrogen) atoms. The van der Waals surface area contributed by atoms with E-state index in [1.807, 2.05) is 30.5 Å². The van der Waals surface area contributed by atoms with Gasteiger partial charge >= 0.3 is 0 Å². The van der Waals surface area contributed by atoms with Gasteiger partial charge in [0.05, 0.1) is 0 Å². The highest BCUT2D eigenvalue weighted by molar-refractivity contribution is 5.98. The molecule has 1 fully saturated rings. The zero-order valence-corrected chi connectivity index (χ0v) is 12.1. The van der Waals surface area contributed by atoms with Gasteiger partial charge in [0.2, 0.25) is 0 Å². The fourth-order valence-electron chi connectivity index (χ4n) is 2.91. The third-order valence-corrected chi connectivity index (χ3v) is 4.63. The second kappa shape index (κ2) is 4.94. The van der Waals surface area contributed by atoms with Gasteiger partial charge in [0.15, 0.2) is 0 Å². The number of aromatic amines is 1. The molecule has 3 rings (SSSR count). The quantitative estimate of drug-likeness (QED) is 0.897. The van der Waals surface area contributed by atoms with Crippen molar-refractivity contribution in [3.8, 4) is 0 Å². The normalized spacial score (nSPS) is 17.1. The molecule has 1 aliphatic carbocycles. The van der Waals surface area contributed by atoms with Gasteiger partial charge in [0, 0.05) is 34.7 Å². The number of benzene rings is 1. The Morgan fingerprint density at radius 2 is 2.15 bits per heavy atom. The number of H-pyrrole nitrogens is 1. The molecular weight excluding hydrogens is 250 g/mol. The Bertz CT molecular complexity index is 625. The van der Waals surface area contributed by atoms with Gasteiger partial charge in [0.25, 0.3) is 5.91 Å². The molecule has 2 N–H and O–H groups in total. The van der Waals surface area contributed by atoms with Crippen LogP contribution in [0.1, 0.15) is 29.6 Å². The zero-order chi connectivity index (χ0) is 14.2. The molecule has 4 nitrogen and oxygen atoms in total. The van der Waals surface area contributed by atoms with Crippen LogP contribution in [0.25, 0.3) is 10.9 Å². The third kappa shape index (κ3) is 2.20. The van der Waals surface area contributed by atoms with E-state index >= 15 is 0 Å². The van der Waals surface area contributed by atoms with E-state index in [4.69, 9.17) is 0 Å². The fraction of sp³-hybridized carbons (Fsp3) is 0.438. The maximum Gasteiger partial charge on any atom is 0.251 e. The van der Waals surface area contributed by atoms with Crippen LogP contribution >= 0.6 is 0 Å². The first-order valence-electron chi connectivity index (χ1n) is 7.14. The summed E-state index contributed by atoms with van der Waals surface area (Å²) < 4.78 is 0. The monoisotopic (exact) mass is 271 g/mol. The lowest BCUT2D eigenvalue weighted by Gasteiger charge is -2.47. The number of hydrogen-bond acceptors (Lipinski definition) is 2. The molecule has 0 radical (unpaired) electrons. The van der Waals surface area contributed by atoms with Crippen molar-refractivity contribution in [3.63, 3.8) is 0 Å². The topological polar surface area (TPSA) is 48.1 Å². The summed E-state index contributed by atoms with van der Waals surface area (Å²) in [6, 6.07) is 7.75. The number of carbonyl (C=O) groups is 1. The van der Waals surface area contributed by atoms with Gasteiger partial charge in [-0.25, -0.2) is 0 Å². The summed E-state index contributed by atoms with van der Waals surface area (Å²) >= 11 is 0. The molecule has 1 aliphatic rings. The van der Waals surface area contributed by atoms with Crippen molar-refractivity contribution in [2.24, 2.45) is 0 Å². The first kappa shape index (κ1) is 13.2. The van der Waals surface area contributed by atoms with E-state index in [9.17, 15) is 4.79 Å². The van der Waals surface area contributed by atoms with E-state index in [1.165, 1.54) is 6.42 Å². The van der Waals surface area contributed by atoms with Crippen molar-refractivity contribution >= 4 is 16.8 Å². The minimum atomic E-state index is 0.0150. The summed E-state index contributed by atoms with van der Waals surface area (Å²) in [5.41, 5.74) is 1.95. The van der Waals surface area contributed by atoms with Crippen LogP contribution in [0.4, 0.5) is 0 Å². The molecule has 0 bridgehead atoms. The van der Waals surface area contributed by atoms with Crippen molar-refractivity contribution in [1.82, 2.24) is 15.2 Å². The molecule has 0 spiro atoms. The van der Waals surface area contributed by atoms with Crippen molar-refractivity contribution in [1.29, 1.82) is 0 Å². The Morgan fingerprint density at radius 1 is 1.35 bits per heavy atom. The summed E-state index contributed by atoms with van der Waals surface area (Å²) in [7, 11) is 4.19. The van der Waals surface area contributed by atoms with Gasteiger partial charge in [-0.15, -0.1) is 0 Å². The van der Waals surface area contributed by atoms with Crippen LogP contribution in [0.5, 0.6) is 0 Å². The standard InChI is InChI=1S/C16H21N3O/c1-19(2)16(7-3-8-16)11-18-15(20)13-4-5-14-12(10-13)6-9-17-14/h4-6,9-10,17H,3,7-8,11H2,1-2H3,(H,18,20). The van der Waals surface area contributed by atoms with E-state index in [1.54, 1.807) is 0 Å². The molecule has 0 unspecified atom stereocenters.